The van der Waals surface area contributed by atoms with Crippen molar-refractivity contribution in [1.29, 1.82) is 0 Å². The summed E-state index contributed by atoms with van der Waals surface area (Å²) in [5.41, 5.74) is 5.06. The lowest BCUT2D eigenvalue weighted by Gasteiger charge is -2.12. The van der Waals surface area contributed by atoms with E-state index in [0.29, 0.717) is 5.75 Å². The Kier molecular flexibility index (Phi) is 7.23. The summed E-state index contributed by atoms with van der Waals surface area (Å²) in [6, 6.07) is -0.831. The maximum atomic E-state index is 10.9. The van der Waals surface area contributed by atoms with E-state index in [1.54, 1.807) is 0 Å². The van der Waals surface area contributed by atoms with Gasteiger partial charge in [0.15, 0.2) is 0 Å². The summed E-state index contributed by atoms with van der Waals surface area (Å²) in [6.45, 7) is 1.84. The fourth-order valence-electron chi connectivity index (χ4n) is 0.773. The lowest BCUT2D eigenvalue weighted by Crippen LogP contribution is -2.45. The number of hydrogen-bond acceptors (Lipinski definition) is 4. The van der Waals surface area contributed by atoms with Gasteiger partial charge < -0.3 is 16.2 Å². The van der Waals surface area contributed by atoms with Crippen molar-refractivity contribution >= 4 is 23.6 Å². The van der Waals surface area contributed by atoms with Crippen LogP contribution in [-0.2, 0) is 9.59 Å². The molecule has 0 spiro atoms. The third kappa shape index (κ3) is 5.82. The molecular weight excluding hydrogens is 204 g/mol. The van der Waals surface area contributed by atoms with Crippen LogP contribution in [0.4, 0.5) is 0 Å². The number of aliphatic carboxylic acids is 1. The van der Waals surface area contributed by atoms with E-state index in [2.05, 4.69) is 5.32 Å². The monoisotopic (exact) mass is 220 g/mol. The van der Waals surface area contributed by atoms with E-state index in [-0.39, 0.29) is 6.54 Å². The van der Waals surface area contributed by atoms with Gasteiger partial charge in [-0.25, -0.2) is 4.79 Å². The average molecular weight is 220 g/mol. The molecule has 0 radical (unpaired) electrons. The van der Waals surface area contributed by atoms with E-state index in [1.807, 2.05) is 6.92 Å². The lowest BCUT2D eigenvalue weighted by atomic mass is 10.3. The van der Waals surface area contributed by atoms with Crippen LogP contribution in [0, 0.1) is 0 Å². The SMILES string of the molecule is CCCSC[C@H](NC(=O)CN)C(=O)O. The highest BCUT2D eigenvalue weighted by Crippen LogP contribution is 2.04. The second-order valence-electron chi connectivity index (χ2n) is 2.74. The topological polar surface area (TPSA) is 92.4 Å². The van der Waals surface area contributed by atoms with Gasteiger partial charge in [-0.2, -0.15) is 11.8 Å². The van der Waals surface area contributed by atoms with Gasteiger partial charge in [-0.3, -0.25) is 4.79 Å². The van der Waals surface area contributed by atoms with Gasteiger partial charge in [-0.05, 0) is 12.2 Å². The van der Waals surface area contributed by atoms with Gasteiger partial charge in [0.25, 0.3) is 0 Å². The summed E-state index contributed by atoms with van der Waals surface area (Å²) < 4.78 is 0. The molecule has 0 aliphatic heterocycles. The molecule has 0 aromatic carbocycles. The first-order valence-electron chi connectivity index (χ1n) is 4.41. The average Bonchev–Trinajstić information content (AvgIpc) is 2.16. The first-order valence-corrected chi connectivity index (χ1v) is 5.57. The van der Waals surface area contributed by atoms with E-state index < -0.39 is 17.9 Å². The van der Waals surface area contributed by atoms with Crippen LogP contribution >= 0.6 is 11.8 Å². The van der Waals surface area contributed by atoms with E-state index in [0.717, 1.165) is 12.2 Å². The maximum Gasteiger partial charge on any atom is 0.327 e. The van der Waals surface area contributed by atoms with E-state index in [9.17, 15) is 9.59 Å². The summed E-state index contributed by atoms with van der Waals surface area (Å²) in [4.78, 5) is 21.5. The third-order valence-electron chi connectivity index (χ3n) is 1.45. The predicted molar refractivity (Wildman–Crippen MR) is 56.2 cm³/mol. The van der Waals surface area contributed by atoms with Crippen LogP contribution in [0.15, 0.2) is 0 Å². The predicted octanol–water partition coefficient (Wildman–Crippen LogP) is -0.342. The Morgan fingerprint density at radius 2 is 2.21 bits per heavy atom. The Bertz CT molecular complexity index is 199. The minimum absolute atomic E-state index is 0.178. The van der Waals surface area contributed by atoms with Gasteiger partial charge in [0.1, 0.15) is 6.04 Å². The molecule has 0 saturated heterocycles. The molecule has 0 saturated carbocycles. The summed E-state index contributed by atoms with van der Waals surface area (Å²) in [6.07, 6.45) is 0.988. The number of amides is 1. The summed E-state index contributed by atoms with van der Waals surface area (Å²) in [7, 11) is 0. The van der Waals surface area contributed by atoms with Crippen molar-refractivity contribution in [2.75, 3.05) is 18.1 Å². The van der Waals surface area contributed by atoms with E-state index >= 15 is 0 Å². The molecule has 0 fully saturated rings. The molecule has 0 aromatic heterocycles. The highest BCUT2D eigenvalue weighted by atomic mass is 32.2. The Hall–Kier alpha value is -0.750. The molecule has 6 heteroatoms. The van der Waals surface area contributed by atoms with Gasteiger partial charge in [-0.15, -0.1) is 0 Å². The maximum absolute atomic E-state index is 10.9. The van der Waals surface area contributed by atoms with Crippen LogP contribution in [0.1, 0.15) is 13.3 Å². The van der Waals surface area contributed by atoms with Crippen LogP contribution in [0.3, 0.4) is 0 Å². The minimum atomic E-state index is -1.02. The number of carbonyl (C=O) groups is 2. The quantitative estimate of drug-likeness (QED) is 0.510. The first kappa shape index (κ1) is 13.2. The van der Waals surface area contributed by atoms with Crippen molar-refractivity contribution in [3.8, 4) is 0 Å². The molecule has 0 aliphatic carbocycles. The highest BCUT2D eigenvalue weighted by molar-refractivity contribution is 7.99. The number of carboxylic acid groups (broad SMARTS) is 1. The van der Waals surface area contributed by atoms with Gasteiger partial charge in [0.2, 0.25) is 5.91 Å². The zero-order chi connectivity index (χ0) is 11.0. The summed E-state index contributed by atoms with van der Waals surface area (Å²) >= 11 is 1.51. The number of carboxylic acids is 1. The normalized spacial score (nSPS) is 12.1. The van der Waals surface area contributed by atoms with Crippen LogP contribution in [-0.4, -0.2) is 41.1 Å². The molecular formula is C8H16N2O3S. The Labute approximate surface area is 87.4 Å². The summed E-state index contributed by atoms with van der Waals surface area (Å²) in [5, 5.41) is 11.1. The van der Waals surface area contributed by atoms with Crippen molar-refractivity contribution < 1.29 is 14.7 Å². The number of thioether (sulfide) groups is 1. The van der Waals surface area contributed by atoms with Crippen LogP contribution < -0.4 is 11.1 Å². The second-order valence-corrected chi connectivity index (χ2v) is 3.89. The molecule has 0 aromatic rings. The van der Waals surface area contributed by atoms with Crippen LogP contribution in [0.25, 0.3) is 0 Å². The lowest BCUT2D eigenvalue weighted by molar-refractivity contribution is -0.140. The standard InChI is InChI=1S/C8H16N2O3S/c1-2-3-14-5-6(8(12)13)10-7(11)4-9/h6H,2-5,9H2,1H3,(H,10,11)(H,12,13)/t6-/m0/s1. The number of carbonyl (C=O) groups excluding carboxylic acids is 1. The van der Waals surface area contributed by atoms with Gasteiger partial charge >= 0.3 is 5.97 Å². The Balaban J connectivity index is 3.90. The van der Waals surface area contributed by atoms with Crippen molar-refractivity contribution in [1.82, 2.24) is 5.32 Å². The third-order valence-corrected chi connectivity index (χ3v) is 2.72. The van der Waals surface area contributed by atoms with Gasteiger partial charge in [0.05, 0.1) is 6.54 Å². The molecule has 0 aliphatic rings. The molecule has 0 rings (SSSR count). The van der Waals surface area contributed by atoms with Gasteiger partial charge in [-0.1, -0.05) is 6.92 Å². The zero-order valence-corrected chi connectivity index (χ0v) is 8.97. The molecule has 14 heavy (non-hydrogen) atoms. The molecule has 0 bridgehead atoms. The van der Waals surface area contributed by atoms with Gasteiger partial charge in [0, 0.05) is 5.75 Å². The van der Waals surface area contributed by atoms with Crippen molar-refractivity contribution in [2.24, 2.45) is 5.73 Å². The molecule has 5 nitrogen and oxygen atoms in total. The first-order chi connectivity index (χ1) is 6.61. The largest absolute Gasteiger partial charge is 0.480 e. The highest BCUT2D eigenvalue weighted by Gasteiger charge is 2.18. The number of hydrogen-bond donors (Lipinski definition) is 3. The number of rotatable bonds is 7. The molecule has 82 valence electrons. The number of nitrogens with two attached hydrogens (primary N) is 1. The molecule has 0 heterocycles. The summed E-state index contributed by atoms with van der Waals surface area (Å²) in [5.74, 6) is -0.179. The Morgan fingerprint density at radius 3 is 2.64 bits per heavy atom. The molecule has 4 N–H and O–H groups in total. The minimum Gasteiger partial charge on any atom is -0.480 e. The molecule has 0 unspecified atom stereocenters. The molecule has 1 amide bonds. The van der Waals surface area contributed by atoms with Crippen molar-refractivity contribution in [2.45, 2.75) is 19.4 Å². The van der Waals surface area contributed by atoms with E-state index in [1.165, 1.54) is 11.8 Å². The van der Waals surface area contributed by atoms with Crippen LogP contribution in [0.2, 0.25) is 0 Å². The zero-order valence-electron chi connectivity index (χ0n) is 8.16. The smallest absolute Gasteiger partial charge is 0.327 e. The Morgan fingerprint density at radius 1 is 1.57 bits per heavy atom. The fraction of sp³-hybridized carbons (Fsp3) is 0.750. The second kappa shape index (κ2) is 7.64. The fourth-order valence-corrected chi connectivity index (χ4v) is 1.69. The van der Waals surface area contributed by atoms with E-state index in [4.69, 9.17) is 10.8 Å². The van der Waals surface area contributed by atoms with Crippen molar-refractivity contribution in [3.63, 3.8) is 0 Å². The molecule has 1 atom stereocenters. The number of nitrogens with one attached hydrogen (secondary N) is 1. The van der Waals surface area contributed by atoms with Crippen molar-refractivity contribution in [3.05, 3.63) is 0 Å². The van der Waals surface area contributed by atoms with Crippen LogP contribution in [0.5, 0.6) is 0 Å².